The zero-order valence-electron chi connectivity index (χ0n) is 8.36. The number of nitrogens with one attached hydrogen (secondary N) is 1. The molecule has 1 aromatic carbocycles. The van der Waals surface area contributed by atoms with E-state index in [0.29, 0.717) is 6.42 Å². The van der Waals surface area contributed by atoms with Gasteiger partial charge in [0.25, 0.3) is 0 Å². The van der Waals surface area contributed by atoms with Gasteiger partial charge >= 0.3 is 0 Å². The quantitative estimate of drug-likeness (QED) is 0.722. The van der Waals surface area contributed by atoms with Crippen molar-refractivity contribution in [3.05, 3.63) is 48.6 Å². The topological polar surface area (TPSA) is 29.1 Å². The summed E-state index contributed by atoms with van der Waals surface area (Å²) in [5.74, 6) is -0.0743. The molecule has 1 atom stereocenters. The van der Waals surface area contributed by atoms with Crippen LogP contribution in [0.15, 0.2) is 43.0 Å². The highest BCUT2D eigenvalue weighted by molar-refractivity contribution is 5.83. The molecule has 0 spiro atoms. The van der Waals surface area contributed by atoms with E-state index in [1.54, 1.807) is 13.1 Å². The third kappa shape index (κ3) is 2.46. The molecule has 2 nitrogen and oxygen atoms in total. The number of hydrogen-bond donors (Lipinski definition) is 1. The molecule has 1 N–H and O–H groups in total. The highest BCUT2D eigenvalue weighted by atomic mass is 16.1. The van der Waals surface area contributed by atoms with Crippen LogP contribution in [0, 0.1) is 0 Å². The first kappa shape index (κ1) is 10.5. The zero-order valence-corrected chi connectivity index (χ0v) is 8.36. The number of allylic oxidation sites excluding steroid dienone is 1. The average molecular weight is 189 g/mol. The molecule has 2 heteroatoms. The van der Waals surface area contributed by atoms with E-state index in [-0.39, 0.29) is 11.8 Å². The smallest absolute Gasteiger partial charge is 0.227 e. The van der Waals surface area contributed by atoms with Crippen LogP contribution in [-0.2, 0) is 4.79 Å². The maximum absolute atomic E-state index is 11.5. The minimum absolute atomic E-state index is 0.0381. The van der Waals surface area contributed by atoms with E-state index in [4.69, 9.17) is 0 Å². The first-order valence-electron chi connectivity index (χ1n) is 4.67. The summed E-state index contributed by atoms with van der Waals surface area (Å²) in [6.45, 7) is 3.66. The SMILES string of the molecule is C=CC[C@H](C(=O)NC)c1ccccc1. The fourth-order valence-corrected chi connectivity index (χ4v) is 1.42. The Balaban J connectivity index is 2.88. The van der Waals surface area contributed by atoms with Crippen molar-refractivity contribution >= 4 is 5.91 Å². The highest BCUT2D eigenvalue weighted by Gasteiger charge is 2.16. The van der Waals surface area contributed by atoms with Crippen LogP contribution < -0.4 is 5.32 Å². The fourth-order valence-electron chi connectivity index (χ4n) is 1.42. The molecule has 0 saturated heterocycles. The Hall–Kier alpha value is -1.57. The van der Waals surface area contributed by atoms with Crippen LogP contribution in [0.2, 0.25) is 0 Å². The Labute approximate surface area is 84.6 Å². The molecule has 1 aromatic rings. The van der Waals surface area contributed by atoms with Gasteiger partial charge in [-0.25, -0.2) is 0 Å². The summed E-state index contributed by atoms with van der Waals surface area (Å²) in [4.78, 5) is 11.5. The van der Waals surface area contributed by atoms with Crippen molar-refractivity contribution in [2.24, 2.45) is 0 Å². The Morgan fingerprint density at radius 2 is 2.14 bits per heavy atom. The summed E-state index contributed by atoms with van der Waals surface area (Å²) in [5, 5.41) is 2.66. The van der Waals surface area contributed by atoms with Gasteiger partial charge in [0.05, 0.1) is 5.92 Å². The molecule has 0 saturated carbocycles. The first-order chi connectivity index (χ1) is 6.79. The van der Waals surface area contributed by atoms with Crippen molar-refractivity contribution in [2.75, 3.05) is 7.05 Å². The Kier molecular flexibility index (Phi) is 3.92. The molecular weight excluding hydrogens is 174 g/mol. The molecule has 14 heavy (non-hydrogen) atoms. The number of amides is 1. The summed E-state index contributed by atoms with van der Waals surface area (Å²) < 4.78 is 0. The summed E-state index contributed by atoms with van der Waals surface area (Å²) >= 11 is 0. The van der Waals surface area contributed by atoms with Crippen molar-refractivity contribution in [1.82, 2.24) is 5.32 Å². The maximum atomic E-state index is 11.5. The van der Waals surface area contributed by atoms with Crippen molar-refractivity contribution in [2.45, 2.75) is 12.3 Å². The molecule has 1 rings (SSSR count). The van der Waals surface area contributed by atoms with Crippen LogP contribution in [0.1, 0.15) is 17.9 Å². The van der Waals surface area contributed by atoms with Gasteiger partial charge in [0, 0.05) is 7.05 Å². The molecule has 0 fully saturated rings. The minimum Gasteiger partial charge on any atom is -0.359 e. The van der Waals surface area contributed by atoms with E-state index in [0.717, 1.165) is 5.56 Å². The van der Waals surface area contributed by atoms with Gasteiger partial charge in [-0.3, -0.25) is 4.79 Å². The van der Waals surface area contributed by atoms with Crippen LogP contribution in [0.5, 0.6) is 0 Å². The Bertz CT molecular complexity index is 305. The summed E-state index contributed by atoms with van der Waals surface area (Å²) in [6, 6.07) is 9.74. The van der Waals surface area contributed by atoms with Gasteiger partial charge in [0.15, 0.2) is 0 Å². The van der Waals surface area contributed by atoms with Gasteiger partial charge in [0.1, 0.15) is 0 Å². The van der Waals surface area contributed by atoms with Gasteiger partial charge in [-0.1, -0.05) is 36.4 Å². The monoisotopic (exact) mass is 189 g/mol. The standard InChI is InChI=1S/C12H15NO/c1-3-7-11(12(14)13-2)10-8-5-4-6-9-10/h3-6,8-9,11H,1,7H2,2H3,(H,13,14)/t11-/m0/s1. The van der Waals surface area contributed by atoms with E-state index < -0.39 is 0 Å². The van der Waals surface area contributed by atoms with E-state index in [1.165, 1.54) is 0 Å². The number of likely N-dealkylation sites (N-methyl/N-ethyl adjacent to an activating group) is 1. The molecule has 0 aliphatic carbocycles. The van der Waals surface area contributed by atoms with E-state index in [1.807, 2.05) is 30.3 Å². The van der Waals surface area contributed by atoms with Crippen LogP contribution in [-0.4, -0.2) is 13.0 Å². The van der Waals surface area contributed by atoms with Gasteiger partial charge in [-0.15, -0.1) is 6.58 Å². The van der Waals surface area contributed by atoms with Gasteiger partial charge in [-0.05, 0) is 12.0 Å². The van der Waals surface area contributed by atoms with E-state index in [9.17, 15) is 4.79 Å². The molecule has 0 unspecified atom stereocenters. The summed E-state index contributed by atoms with van der Waals surface area (Å²) in [5.41, 5.74) is 1.03. The molecule has 74 valence electrons. The van der Waals surface area contributed by atoms with Crippen LogP contribution in [0.4, 0.5) is 0 Å². The van der Waals surface area contributed by atoms with Crippen molar-refractivity contribution in [1.29, 1.82) is 0 Å². The molecule has 0 aromatic heterocycles. The molecule has 0 aliphatic heterocycles. The third-order valence-electron chi connectivity index (χ3n) is 2.17. The van der Waals surface area contributed by atoms with E-state index >= 15 is 0 Å². The highest BCUT2D eigenvalue weighted by Crippen LogP contribution is 2.19. The van der Waals surface area contributed by atoms with Crippen molar-refractivity contribution in [3.63, 3.8) is 0 Å². The molecular formula is C12H15NO. The second kappa shape index (κ2) is 5.22. The van der Waals surface area contributed by atoms with Crippen LogP contribution >= 0.6 is 0 Å². The molecule has 0 heterocycles. The zero-order chi connectivity index (χ0) is 10.4. The molecule has 1 amide bonds. The average Bonchev–Trinajstić information content (AvgIpc) is 2.26. The molecule has 0 aliphatic rings. The van der Waals surface area contributed by atoms with Crippen LogP contribution in [0.3, 0.4) is 0 Å². The summed E-state index contributed by atoms with van der Waals surface area (Å²) in [7, 11) is 1.65. The van der Waals surface area contributed by atoms with Crippen molar-refractivity contribution < 1.29 is 4.79 Å². The number of hydrogen-bond acceptors (Lipinski definition) is 1. The lowest BCUT2D eigenvalue weighted by Gasteiger charge is -2.13. The lowest BCUT2D eigenvalue weighted by molar-refractivity contribution is -0.122. The second-order valence-electron chi connectivity index (χ2n) is 3.10. The predicted octanol–water partition coefficient (Wildman–Crippen LogP) is 2.09. The van der Waals surface area contributed by atoms with Crippen molar-refractivity contribution in [3.8, 4) is 0 Å². The number of carbonyl (C=O) groups excluding carboxylic acids is 1. The second-order valence-corrected chi connectivity index (χ2v) is 3.10. The van der Waals surface area contributed by atoms with Gasteiger partial charge in [0.2, 0.25) is 5.91 Å². The number of rotatable bonds is 4. The minimum atomic E-state index is -0.112. The molecule has 0 radical (unpaired) electrons. The first-order valence-corrected chi connectivity index (χ1v) is 4.67. The Morgan fingerprint density at radius 1 is 1.50 bits per heavy atom. The number of benzene rings is 1. The third-order valence-corrected chi connectivity index (χ3v) is 2.17. The number of carbonyl (C=O) groups is 1. The Morgan fingerprint density at radius 3 is 2.64 bits per heavy atom. The van der Waals surface area contributed by atoms with Gasteiger partial charge in [-0.2, -0.15) is 0 Å². The predicted molar refractivity (Wildman–Crippen MR) is 58.1 cm³/mol. The fraction of sp³-hybridized carbons (Fsp3) is 0.250. The normalized spacial score (nSPS) is 11.8. The summed E-state index contributed by atoms with van der Waals surface area (Å²) in [6.07, 6.45) is 2.44. The molecule has 0 bridgehead atoms. The van der Waals surface area contributed by atoms with Gasteiger partial charge < -0.3 is 5.32 Å². The lowest BCUT2D eigenvalue weighted by atomic mass is 9.95. The largest absolute Gasteiger partial charge is 0.359 e. The lowest BCUT2D eigenvalue weighted by Crippen LogP contribution is -2.25. The van der Waals surface area contributed by atoms with E-state index in [2.05, 4.69) is 11.9 Å². The maximum Gasteiger partial charge on any atom is 0.227 e. The van der Waals surface area contributed by atoms with Crippen LogP contribution in [0.25, 0.3) is 0 Å².